The van der Waals surface area contributed by atoms with Gasteiger partial charge in [-0.1, -0.05) is 19.1 Å². The average molecular weight is 370 g/mol. The summed E-state index contributed by atoms with van der Waals surface area (Å²) < 4.78 is 7.43. The third kappa shape index (κ3) is 3.97. The molecule has 1 saturated heterocycles. The highest BCUT2D eigenvalue weighted by Gasteiger charge is 2.36. The Morgan fingerprint density at radius 1 is 1.33 bits per heavy atom. The lowest BCUT2D eigenvalue weighted by atomic mass is 10.1. The first-order valence-corrected chi connectivity index (χ1v) is 9.41. The van der Waals surface area contributed by atoms with Crippen molar-refractivity contribution in [1.82, 2.24) is 9.78 Å². The third-order valence-electron chi connectivity index (χ3n) is 4.88. The number of nitrogens with zero attached hydrogens (tertiary/aromatic N) is 3. The lowest BCUT2D eigenvalue weighted by Gasteiger charge is -2.20. The normalized spacial score (nSPS) is 17.8. The summed E-state index contributed by atoms with van der Waals surface area (Å²) in [6.45, 7) is 6.88. The van der Waals surface area contributed by atoms with Gasteiger partial charge in [0.15, 0.2) is 0 Å². The van der Waals surface area contributed by atoms with Crippen molar-refractivity contribution in [2.45, 2.75) is 39.7 Å². The van der Waals surface area contributed by atoms with Crippen molar-refractivity contribution >= 4 is 23.3 Å². The van der Waals surface area contributed by atoms with Crippen LogP contribution in [0.1, 0.15) is 39.7 Å². The number of rotatable bonds is 7. The van der Waals surface area contributed by atoms with E-state index < -0.39 is 5.92 Å². The van der Waals surface area contributed by atoms with Crippen molar-refractivity contribution in [1.29, 1.82) is 0 Å². The molecule has 7 heteroatoms. The van der Waals surface area contributed by atoms with Gasteiger partial charge in [-0.3, -0.25) is 9.59 Å². The SMILES string of the molecule is CCOc1ccccc1N1CC(C(=O)Nc2ccnn2C(C)CC)CC1=O. The van der Waals surface area contributed by atoms with Crippen molar-refractivity contribution in [2.75, 3.05) is 23.4 Å². The van der Waals surface area contributed by atoms with Gasteiger partial charge in [0.1, 0.15) is 11.6 Å². The second-order valence-electron chi connectivity index (χ2n) is 6.71. The summed E-state index contributed by atoms with van der Waals surface area (Å²) in [6, 6.07) is 9.39. The van der Waals surface area contributed by atoms with E-state index in [1.165, 1.54) is 0 Å². The van der Waals surface area contributed by atoms with E-state index in [0.717, 1.165) is 6.42 Å². The zero-order valence-electron chi connectivity index (χ0n) is 16.0. The number of ether oxygens (including phenoxy) is 1. The summed E-state index contributed by atoms with van der Waals surface area (Å²) in [5.41, 5.74) is 0.712. The predicted molar refractivity (Wildman–Crippen MR) is 104 cm³/mol. The molecule has 1 fully saturated rings. The summed E-state index contributed by atoms with van der Waals surface area (Å²) in [7, 11) is 0. The standard InChI is InChI=1S/C20H26N4O3/c1-4-14(3)24-18(10-11-21-24)22-20(26)15-12-19(25)23(13-15)16-8-6-7-9-17(16)27-5-2/h6-11,14-15H,4-5,12-13H2,1-3H3,(H,22,26). The van der Waals surface area contributed by atoms with E-state index in [1.54, 1.807) is 21.8 Å². The molecule has 1 aromatic heterocycles. The fraction of sp³-hybridized carbons (Fsp3) is 0.450. The molecule has 0 bridgehead atoms. The Labute approximate surface area is 159 Å². The van der Waals surface area contributed by atoms with E-state index >= 15 is 0 Å². The van der Waals surface area contributed by atoms with Gasteiger partial charge < -0.3 is 15.0 Å². The third-order valence-corrected chi connectivity index (χ3v) is 4.88. The van der Waals surface area contributed by atoms with Gasteiger partial charge in [-0.15, -0.1) is 0 Å². The van der Waals surface area contributed by atoms with Crippen LogP contribution in [-0.4, -0.2) is 34.7 Å². The maximum absolute atomic E-state index is 12.7. The van der Waals surface area contributed by atoms with Gasteiger partial charge in [0.25, 0.3) is 0 Å². The number of para-hydroxylation sites is 2. The van der Waals surface area contributed by atoms with Gasteiger partial charge in [-0.05, 0) is 32.4 Å². The Morgan fingerprint density at radius 3 is 2.85 bits per heavy atom. The Hall–Kier alpha value is -2.83. The highest BCUT2D eigenvalue weighted by Crippen LogP contribution is 2.33. The van der Waals surface area contributed by atoms with Crippen LogP contribution in [0, 0.1) is 5.92 Å². The highest BCUT2D eigenvalue weighted by molar-refractivity contribution is 6.04. The fourth-order valence-corrected chi connectivity index (χ4v) is 3.24. The lowest BCUT2D eigenvalue weighted by molar-refractivity contribution is -0.122. The van der Waals surface area contributed by atoms with Crippen molar-refractivity contribution in [3.63, 3.8) is 0 Å². The maximum Gasteiger partial charge on any atom is 0.230 e. The van der Waals surface area contributed by atoms with Gasteiger partial charge in [0, 0.05) is 19.0 Å². The maximum atomic E-state index is 12.7. The zero-order valence-corrected chi connectivity index (χ0v) is 16.0. The van der Waals surface area contributed by atoms with Gasteiger partial charge >= 0.3 is 0 Å². The Balaban J connectivity index is 1.72. The lowest BCUT2D eigenvalue weighted by Crippen LogP contribution is -2.29. The van der Waals surface area contributed by atoms with Crippen LogP contribution in [0.5, 0.6) is 5.75 Å². The van der Waals surface area contributed by atoms with Crippen molar-refractivity contribution in [2.24, 2.45) is 5.92 Å². The smallest absolute Gasteiger partial charge is 0.230 e. The molecule has 0 aliphatic carbocycles. The molecule has 2 amide bonds. The highest BCUT2D eigenvalue weighted by atomic mass is 16.5. The summed E-state index contributed by atoms with van der Waals surface area (Å²) in [4.78, 5) is 26.9. The number of carbonyl (C=O) groups excluding carboxylic acids is 2. The molecule has 1 N–H and O–H groups in total. The van der Waals surface area contributed by atoms with Gasteiger partial charge in [0.2, 0.25) is 11.8 Å². The summed E-state index contributed by atoms with van der Waals surface area (Å²) in [6.07, 6.45) is 2.77. The van der Waals surface area contributed by atoms with E-state index in [1.807, 2.05) is 38.1 Å². The first kappa shape index (κ1) is 18.9. The molecule has 2 heterocycles. The molecule has 27 heavy (non-hydrogen) atoms. The van der Waals surface area contributed by atoms with Crippen molar-refractivity contribution < 1.29 is 14.3 Å². The Kier molecular flexibility index (Phi) is 5.78. The second-order valence-corrected chi connectivity index (χ2v) is 6.71. The van der Waals surface area contributed by atoms with Crippen molar-refractivity contribution in [3.05, 3.63) is 36.5 Å². The molecule has 7 nitrogen and oxygen atoms in total. The molecule has 2 unspecified atom stereocenters. The monoisotopic (exact) mass is 370 g/mol. The minimum Gasteiger partial charge on any atom is -0.492 e. The number of hydrogen-bond acceptors (Lipinski definition) is 4. The number of anilines is 2. The molecule has 1 aliphatic heterocycles. The Bertz CT molecular complexity index is 817. The molecular formula is C20H26N4O3. The molecule has 0 spiro atoms. The van der Waals surface area contributed by atoms with E-state index in [4.69, 9.17) is 4.74 Å². The quantitative estimate of drug-likeness (QED) is 0.812. The summed E-state index contributed by atoms with van der Waals surface area (Å²) in [5.74, 6) is 0.675. The van der Waals surface area contributed by atoms with Crippen LogP contribution in [0.15, 0.2) is 36.5 Å². The second kappa shape index (κ2) is 8.24. The molecule has 0 saturated carbocycles. The van der Waals surface area contributed by atoms with Crippen LogP contribution in [0.3, 0.4) is 0 Å². The Morgan fingerprint density at radius 2 is 2.11 bits per heavy atom. The first-order valence-electron chi connectivity index (χ1n) is 9.41. The molecule has 2 atom stereocenters. The summed E-state index contributed by atoms with van der Waals surface area (Å²) >= 11 is 0. The van der Waals surface area contributed by atoms with E-state index in [9.17, 15) is 9.59 Å². The summed E-state index contributed by atoms with van der Waals surface area (Å²) in [5, 5.41) is 7.22. The van der Waals surface area contributed by atoms with E-state index in [0.29, 0.717) is 30.4 Å². The first-order chi connectivity index (χ1) is 13.0. The number of amides is 2. The van der Waals surface area contributed by atoms with Gasteiger partial charge in [-0.25, -0.2) is 4.68 Å². The zero-order chi connectivity index (χ0) is 19.4. The molecule has 1 aromatic carbocycles. The number of benzene rings is 1. The number of carbonyl (C=O) groups is 2. The van der Waals surface area contributed by atoms with Gasteiger partial charge in [0.05, 0.1) is 30.5 Å². The van der Waals surface area contributed by atoms with Crippen LogP contribution >= 0.6 is 0 Å². The van der Waals surface area contributed by atoms with Crippen molar-refractivity contribution in [3.8, 4) is 5.75 Å². The molecule has 0 radical (unpaired) electrons. The molecule has 3 rings (SSSR count). The average Bonchev–Trinajstić information content (AvgIpc) is 3.28. The minimum absolute atomic E-state index is 0.0715. The molecule has 2 aromatic rings. The number of hydrogen-bond donors (Lipinski definition) is 1. The topological polar surface area (TPSA) is 76.5 Å². The van der Waals surface area contributed by atoms with Crippen LogP contribution < -0.4 is 15.0 Å². The number of aromatic nitrogens is 2. The van der Waals surface area contributed by atoms with Crippen LogP contribution in [0.2, 0.25) is 0 Å². The fourth-order valence-electron chi connectivity index (χ4n) is 3.24. The van der Waals surface area contributed by atoms with E-state index in [-0.39, 0.29) is 24.3 Å². The number of nitrogens with one attached hydrogen (secondary N) is 1. The molecular weight excluding hydrogens is 344 g/mol. The largest absolute Gasteiger partial charge is 0.492 e. The van der Waals surface area contributed by atoms with Crippen LogP contribution in [-0.2, 0) is 9.59 Å². The van der Waals surface area contributed by atoms with E-state index in [2.05, 4.69) is 17.3 Å². The van der Waals surface area contributed by atoms with Crippen LogP contribution in [0.4, 0.5) is 11.5 Å². The predicted octanol–water partition coefficient (Wildman–Crippen LogP) is 3.24. The molecule has 1 aliphatic rings. The van der Waals surface area contributed by atoms with Crippen LogP contribution in [0.25, 0.3) is 0 Å². The molecule has 144 valence electrons. The van der Waals surface area contributed by atoms with Gasteiger partial charge in [-0.2, -0.15) is 5.10 Å². The minimum atomic E-state index is -0.410.